The molecule has 0 aromatic heterocycles. The van der Waals surface area contributed by atoms with E-state index in [0.717, 1.165) is 29.0 Å². The molecule has 0 saturated heterocycles. The summed E-state index contributed by atoms with van der Waals surface area (Å²) in [5, 5.41) is 6.59. The zero-order valence-corrected chi connectivity index (χ0v) is 21.7. The summed E-state index contributed by atoms with van der Waals surface area (Å²) in [5.41, 5.74) is 3.62. The van der Waals surface area contributed by atoms with Gasteiger partial charge in [0.15, 0.2) is 5.96 Å². The molecule has 0 heterocycles. The third kappa shape index (κ3) is 9.70. The number of nitrogens with one attached hydrogen (secondary N) is 2. The average molecular weight is 559 g/mol. The fraction of sp³-hybridized carbons (Fsp3) is 0.458. The van der Waals surface area contributed by atoms with Crippen LogP contribution in [0.5, 0.6) is 5.75 Å². The van der Waals surface area contributed by atoms with Crippen molar-refractivity contribution in [2.24, 2.45) is 4.99 Å². The third-order valence-corrected chi connectivity index (χ3v) is 4.53. The highest BCUT2D eigenvalue weighted by Crippen LogP contribution is 2.20. The Labute approximate surface area is 208 Å². The molecule has 2 rings (SSSR count). The third-order valence-electron chi connectivity index (χ3n) is 4.53. The quantitative estimate of drug-likeness (QED) is 0.173. The van der Waals surface area contributed by atoms with E-state index in [0.29, 0.717) is 44.4 Å². The minimum Gasteiger partial charge on any atom is -0.491 e. The van der Waals surface area contributed by atoms with Crippen LogP contribution in [-0.4, -0.2) is 39.4 Å². The summed E-state index contributed by atoms with van der Waals surface area (Å²) in [6.07, 6.45) is 0. The molecule has 0 fully saturated rings. The summed E-state index contributed by atoms with van der Waals surface area (Å²) in [7, 11) is 1.55. The van der Waals surface area contributed by atoms with Crippen molar-refractivity contribution < 1.29 is 18.6 Å². The first-order chi connectivity index (χ1) is 15.1. The van der Waals surface area contributed by atoms with Gasteiger partial charge in [-0.1, -0.05) is 18.2 Å². The second-order valence-corrected chi connectivity index (χ2v) is 7.06. The van der Waals surface area contributed by atoms with E-state index in [1.165, 1.54) is 6.07 Å². The Morgan fingerprint density at radius 2 is 1.84 bits per heavy atom. The number of benzene rings is 2. The number of nitrogens with zero attached hydrogens (tertiary/aromatic N) is 1. The van der Waals surface area contributed by atoms with Crippen molar-refractivity contribution in [3.8, 4) is 5.75 Å². The molecule has 0 aliphatic heterocycles. The lowest BCUT2D eigenvalue weighted by molar-refractivity contribution is 0.110. The summed E-state index contributed by atoms with van der Waals surface area (Å²) in [6, 6.07) is 11.1. The van der Waals surface area contributed by atoms with E-state index in [1.54, 1.807) is 19.2 Å². The number of aliphatic imine (C=N–C) groups is 1. The van der Waals surface area contributed by atoms with Crippen LogP contribution in [-0.2, 0) is 29.2 Å². The summed E-state index contributed by atoms with van der Waals surface area (Å²) >= 11 is 0. The van der Waals surface area contributed by atoms with E-state index in [4.69, 9.17) is 14.2 Å². The maximum absolute atomic E-state index is 13.8. The minimum absolute atomic E-state index is 0. The lowest BCUT2D eigenvalue weighted by Crippen LogP contribution is -2.36. The topological polar surface area (TPSA) is 64.1 Å². The fourth-order valence-electron chi connectivity index (χ4n) is 2.98. The summed E-state index contributed by atoms with van der Waals surface area (Å²) < 4.78 is 30.2. The smallest absolute Gasteiger partial charge is 0.191 e. The molecule has 0 saturated carbocycles. The summed E-state index contributed by atoms with van der Waals surface area (Å²) in [5.74, 6) is 1.25. The van der Waals surface area contributed by atoms with Crippen molar-refractivity contribution in [1.82, 2.24) is 10.6 Å². The first-order valence-electron chi connectivity index (χ1n) is 10.7. The van der Waals surface area contributed by atoms with Gasteiger partial charge >= 0.3 is 0 Å². The van der Waals surface area contributed by atoms with Crippen LogP contribution in [0.1, 0.15) is 36.1 Å². The maximum Gasteiger partial charge on any atom is 0.191 e. The highest BCUT2D eigenvalue weighted by molar-refractivity contribution is 14.0. The fourth-order valence-corrected chi connectivity index (χ4v) is 2.98. The number of hydrogen-bond donors (Lipinski definition) is 2. The molecular weight excluding hydrogens is 524 g/mol. The Balaban J connectivity index is 0.00000512. The highest BCUT2D eigenvalue weighted by atomic mass is 127. The molecule has 0 spiro atoms. The second-order valence-electron chi connectivity index (χ2n) is 7.06. The van der Waals surface area contributed by atoms with Gasteiger partial charge in [0.05, 0.1) is 19.8 Å². The Hall–Kier alpha value is -1.91. The van der Waals surface area contributed by atoms with Gasteiger partial charge in [0, 0.05) is 37.9 Å². The predicted molar refractivity (Wildman–Crippen MR) is 137 cm³/mol. The minimum atomic E-state index is -0.268. The lowest BCUT2D eigenvalue weighted by atomic mass is 10.1. The SMILES string of the molecule is CCNC(=NCc1ccc(F)c(COC)c1)NCc1ccc(C)cc1OCCOCC.I. The van der Waals surface area contributed by atoms with Gasteiger partial charge in [-0.3, -0.25) is 0 Å². The van der Waals surface area contributed by atoms with Crippen LogP contribution in [0.3, 0.4) is 0 Å². The van der Waals surface area contributed by atoms with E-state index in [1.807, 2.05) is 26.8 Å². The van der Waals surface area contributed by atoms with Gasteiger partial charge in [-0.05, 0) is 50.1 Å². The predicted octanol–water partition coefficient (Wildman–Crippen LogP) is 4.57. The molecule has 2 aromatic rings. The van der Waals surface area contributed by atoms with Crippen LogP contribution in [0.15, 0.2) is 41.4 Å². The molecule has 0 radical (unpaired) electrons. The van der Waals surface area contributed by atoms with Gasteiger partial charge in [0.2, 0.25) is 0 Å². The van der Waals surface area contributed by atoms with Crippen LogP contribution in [0.4, 0.5) is 4.39 Å². The maximum atomic E-state index is 13.8. The molecule has 0 amide bonds. The van der Waals surface area contributed by atoms with Crippen molar-refractivity contribution in [3.05, 3.63) is 64.5 Å². The summed E-state index contributed by atoms with van der Waals surface area (Å²) in [6.45, 7) is 9.72. The number of halogens is 2. The van der Waals surface area contributed by atoms with Crippen molar-refractivity contribution >= 4 is 29.9 Å². The Morgan fingerprint density at radius 3 is 2.56 bits per heavy atom. The molecule has 2 aromatic carbocycles. The van der Waals surface area contributed by atoms with Crippen molar-refractivity contribution in [2.75, 3.05) is 33.5 Å². The molecule has 0 bridgehead atoms. The van der Waals surface area contributed by atoms with Crippen LogP contribution < -0.4 is 15.4 Å². The molecule has 0 unspecified atom stereocenters. The number of hydrogen-bond acceptors (Lipinski definition) is 4. The molecule has 6 nitrogen and oxygen atoms in total. The number of rotatable bonds is 12. The van der Waals surface area contributed by atoms with Crippen LogP contribution in [0.2, 0.25) is 0 Å². The molecule has 0 aliphatic carbocycles. The van der Waals surface area contributed by atoms with Gasteiger partial charge in [0.25, 0.3) is 0 Å². The molecule has 8 heteroatoms. The summed E-state index contributed by atoms with van der Waals surface area (Å²) in [4.78, 5) is 4.63. The van der Waals surface area contributed by atoms with Gasteiger partial charge in [0.1, 0.15) is 18.2 Å². The Morgan fingerprint density at radius 1 is 1.03 bits per heavy atom. The standard InChI is InChI=1S/C24H34FN3O3.HI/c1-5-26-24(27-15-19-8-10-22(25)21(14-19)17-29-4)28-16-20-9-7-18(3)13-23(20)31-12-11-30-6-2;/h7-10,13-14H,5-6,11-12,15-17H2,1-4H3,(H2,26,27,28);1H. The van der Waals surface area contributed by atoms with Gasteiger partial charge in [-0.15, -0.1) is 24.0 Å². The average Bonchev–Trinajstić information content (AvgIpc) is 2.76. The first kappa shape index (κ1) is 28.1. The Bertz CT molecular complexity index is 849. The molecule has 178 valence electrons. The van der Waals surface area contributed by atoms with Gasteiger partial charge in [-0.2, -0.15) is 0 Å². The molecule has 0 atom stereocenters. The van der Waals surface area contributed by atoms with E-state index < -0.39 is 0 Å². The van der Waals surface area contributed by atoms with E-state index in [-0.39, 0.29) is 36.4 Å². The van der Waals surface area contributed by atoms with Crippen molar-refractivity contribution in [2.45, 2.75) is 40.5 Å². The number of aryl methyl sites for hydroxylation is 1. The molecular formula is C24H35FIN3O3. The normalized spacial score (nSPS) is 11.1. The molecule has 0 aliphatic rings. The van der Waals surface area contributed by atoms with Crippen molar-refractivity contribution in [3.63, 3.8) is 0 Å². The lowest BCUT2D eigenvalue weighted by Gasteiger charge is -2.15. The number of ether oxygens (including phenoxy) is 3. The van der Waals surface area contributed by atoms with E-state index in [2.05, 4.69) is 27.8 Å². The van der Waals surface area contributed by atoms with Crippen LogP contribution in [0, 0.1) is 12.7 Å². The van der Waals surface area contributed by atoms with Gasteiger partial charge in [-0.25, -0.2) is 9.38 Å². The van der Waals surface area contributed by atoms with E-state index >= 15 is 0 Å². The van der Waals surface area contributed by atoms with Gasteiger partial charge < -0.3 is 24.8 Å². The first-order valence-corrected chi connectivity index (χ1v) is 10.7. The second kappa shape index (κ2) is 15.8. The Kier molecular flexibility index (Phi) is 13.9. The number of guanidine groups is 1. The number of methoxy groups -OCH3 is 1. The highest BCUT2D eigenvalue weighted by Gasteiger charge is 2.07. The van der Waals surface area contributed by atoms with Crippen LogP contribution in [0.25, 0.3) is 0 Å². The molecule has 32 heavy (non-hydrogen) atoms. The largest absolute Gasteiger partial charge is 0.491 e. The zero-order chi connectivity index (χ0) is 22.5. The monoisotopic (exact) mass is 559 g/mol. The van der Waals surface area contributed by atoms with E-state index in [9.17, 15) is 4.39 Å². The molecule has 2 N–H and O–H groups in total. The zero-order valence-electron chi connectivity index (χ0n) is 19.4. The van der Waals surface area contributed by atoms with Crippen LogP contribution >= 0.6 is 24.0 Å². The van der Waals surface area contributed by atoms with Crippen molar-refractivity contribution in [1.29, 1.82) is 0 Å².